The van der Waals surface area contributed by atoms with Crippen molar-refractivity contribution in [1.29, 1.82) is 0 Å². The van der Waals surface area contributed by atoms with Gasteiger partial charge in [0.1, 0.15) is 11.4 Å². The first kappa shape index (κ1) is 23.2. The Morgan fingerprint density at radius 1 is 1.05 bits per heavy atom. The Balaban J connectivity index is 1.61. The smallest absolute Gasteiger partial charge is 0.335 e. The van der Waals surface area contributed by atoms with Crippen molar-refractivity contribution in [3.8, 4) is 22.3 Å². The molecule has 1 aliphatic rings. The zero-order chi connectivity index (χ0) is 25.5. The van der Waals surface area contributed by atoms with E-state index in [-0.39, 0.29) is 11.6 Å². The van der Waals surface area contributed by atoms with Gasteiger partial charge >= 0.3 is 5.97 Å². The SMILES string of the molecule is Cc1noc(C)c1-c1cnc2c(c1)c(-c1cccc(C(=O)O)c1)cn2C(c1ccccn1)C1CCCC1. The average Bonchev–Trinajstić information content (AvgIpc) is 3.65. The molecule has 0 spiro atoms. The molecule has 4 aromatic heterocycles. The fourth-order valence-electron chi connectivity index (χ4n) is 5.86. The molecule has 1 aromatic carbocycles. The highest BCUT2D eigenvalue weighted by Gasteiger charge is 2.31. The van der Waals surface area contributed by atoms with Gasteiger partial charge in [-0.2, -0.15) is 0 Å². The Labute approximate surface area is 214 Å². The van der Waals surface area contributed by atoms with Crippen LogP contribution in [0.1, 0.15) is 59.2 Å². The highest BCUT2D eigenvalue weighted by atomic mass is 16.5. The lowest BCUT2D eigenvalue weighted by Crippen LogP contribution is -2.19. The summed E-state index contributed by atoms with van der Waals surface area (Å²) in [5.74, 6) is 0.245. The summed E-state index contributed by atoms with van der Waals surface area (Å²) >= 11 is 0. The molecule has 4 heterocycles. The second kappa shape index (κ2) is 9.32. The first-order valence-corrected chi connectivity index (χ1v) is 12.7. The number of nitrogens with zero attached hydrogens (tertiary/aromatic N) is 4. The van der Waals surface area contributed by atoms with E-state index in [0.29, 0.717) is 5.92 Å². The van der Waals surface area contributed by atoms with E-state index in [1.165, 1.54) is 12.8 Å². The third kappa shape index (κ3) is 4.10. The summed E-state index contributed by atoms with van der Waals surface area (Å²) < 4.78 is 7.69. The van der Waals surface area contributed by atoms with Crippen molar-refractivity contribution in [2.75, 3.05) is 0 Å². The summed E-state index contributed by atoms with van der Waals surface area (Å²) in [6.07, 6.45) is 10.6. The van der Waals surface area contributed by atoms with E-state index in [1.54, 1.807) is 18.2 Å². The van der Waals surface area contributed by atoms with Gasteiger partial charge in [-0.3, -0.25) is 4.98 Å². The molecule has 1 saturated carbocycles. The minimum Gasteiger partial charge on any atom is -0.478 e. The molecule has 7 nitrogen and oxygen atoms in total. The standard InChI is InChI=1S/C30H28N4O3/c1-18-27(19(2)37-33-18)23-15-24-25(21-10-7-11-22(14-21)30(35)36)17-34(29(24)32-16-23)28(20-8-3-4-9-20)26-12-5-6-13-31-26/h5-7,10-17,20,28H,3-4,8-9H2,1-2H3,(H,35,36). The predicted molar refractivity (Wildman–Crippen MR) is 141 cm³/mol. The molecule has 0 aliphatic heterocycles. The summed E-state index contributed by atoms with van der Waals surface area (Å²) in [6.45, 7) is 3.83. The molecular weight excluding hydrogens is 464 g/mol. The summed E-state index contributed by atoms with van der Waals surface area (Å²) in [5, 5.41) is 14.7. The van der Waals surface area contributed by atoms with Crippen molar-refractivity contribution in [3.63, 3.8) is 0 Å². The van der Waals surface area contributed by atoms with Crippen LogP contribution >= 0.6 is 0 Å². The van der Waals surface area contributed by atoms with Gasteiger partial charge in [-0.15, -0.1) is 0 Å². The van der Waals surface area contributed by atoms with Crippen LogP contribution in [0.5, 0.6) is 0 Å². The van der Waals surface area contributed by atoms with Crippen LogP contribution < -0.4 is 0 Å². The van der Waals surface area contributed by atoms with Crippen LogP contribution in [0.25, 0.3) is 33.3 Å². The molecule has 6 rings (SSSR count). The number of hydrogen-bond acceptors (Lipinski definition) is 5. The average molecular weight is 493 g/mol. The van der Waals surface area contributed by atoms with Gasteiger partial charge in [0.25, 0.3) is 0 Å². The van der Waals surface area contributed by atoms with Crippen LogP contribution in [-0.4, -0.2) is 30.8 Å². The topological polar surface area (TPSA) is 94.0 Å². The molecule has 1 N–H and O–H groups in total. The highest BCUT2D eigenvalue weighted by Crippen LogP contribution is 2.42. The summed E-state index contributed by atoms with van der Waals surface area (Å²) in [4.78, 5) is 21.5. The molecule has 0 radical (unpaired) electrons. The molecule has 1 unspecified atom stereocenters. The minimum absolute atomic E-state index is 0.0417. The van der Waals surface area contributed by atoms with Crippen molar-refractivity contribution in [1.82, 2.24) is 19.7 Å². The van der Waals surface area contributed by atoms with Gasteiger partial charge in [-0.25, -0.2) is 9.78 Å². The van der Waals surface area contributed by atoms with E-state index in [1.807, 2.05) is 44.4 Å². The van der Waals surface area contributed by atoms with E-state index >= 15 is 0 Å². The molecule has 7 heteroatoms. The van der Waals surface area contributed by atoms with Crippen molar-refractivity contribution in [2.45, 2.75) is 45.6 Å². The van der Waals surface area contributed by atoms with Crippen molar-refractivity contribution < 1.29 is 14.4 Å². The number of hydrogen-bond donors (Lipinski definition) is 1. The second-order valence-corrected chi connectivity index (χ2v) is 9.87. The number of carboxylic acid groups (broad SMARTS) is 1. The fourth-order valence-corrected chi connectivity index (χ4v) is 5.86. The Kier molecular flexibility index (Phi) is 5.83. The van der Waals surface area contributed by atoms with Crippen molar-refractivity contribution in [2.24, 2.45) is 5.92 Å². The third-order valence-corrected chi connectivity index (χ3v) is 7.55. The van der Waals surface area contributed by atoms with Gasteiger partial charge < -0.3 is 14.2 Å². The Morgan fingerprint density at radius 3 is 2.59 bits per heavy atom. The molecule has 0 bridgehead atoms. The van der Waals surface area contributed by atoms with Gasteiger partial charge in [-0.05, 0) is 68.5 Å². The number of carbonyl (C=O) groups is 1. The Hall–Kier alpha value is -4.26. The number of aromatic nitrogens is 4. The number of carboxylic acids is 1. The van der Waals surface area contributed by atoms with Crippen molar-refractivity contribution >= 4 is 17.0 Å². The van der Waals surface area contributed by atoms with Crippen LogP contribution in [0.4, 0.5) is 0 Å². The molecule has 0 saturated heterocycles. The molecule has 0 amide bonds. The van der Waals surface area contributed by atoms with Gasteiger partial charge in [0, 0.05) is 40.7 Å². The predicted octanol–water partition coefficient (Wildman–Crippen LogP) is 6.85. The van der Waals surface area contributed by atoms with E-state index in [0.717, 1.165) is 63.3 Å². The molecule has 1 fully saturated rings. The lowest BCUT2D eigenvalue weighted by atomic mass is 9.94. The molecular formula is C30H28N4O3. The molecule has 186 valence electrons. The first-order chi connectivity index (χ1) is 18.0. The molecule has 5 aromatic rings. The van der Waals surface area contributed by atoms with Crippen LogP contribution in [0, 0.1) is 19.8 Å². The minimum atomic E-state index is -0.947. The number of aromatic carboxylic acids is 1. The summed E-state index contributed by atoms with van der Waals surface area (Å²) in [6, 6.07) is 15.3. The van der Waals surface area contributed by atoms with Gasteiger partial charge in [0.2, 0.25) is 0 Å². The number of aryl methyl sites for hydroxylation is 2. The lowest BCUT2D eigenvalue weighted by Gasteiger charge is -2.25. The summed E-state index contributed by atoms with van der Waals surface area (Å²) in [5.41, 5.74) is 6.58. The second-order valence-electron chi connectivity index (χ2n) is 9.87. The van der Waals surface area contributed by atoms with Crippen LogP contribution in [0.3, 0.4) is 0 Å². The maximum absolute atomic E-state index is 11.8. The first-order valence-electron chi connectivity index (χ1n) is 12.7. The molecule has 1 aliphatic carbocycles. The Morgan fingerprint density at radius 2 is 1.89 bits per heavy atom. The largest absolute Gasteiger partial charge is 0.478 e. The van der Waals surface area contributed by atoms with Gasteiger partial charge in [0.05, 0.1) is 23.0 Å². The van der Waals surface area contributed by atoms with Crippen LogP contribution in [-0.2, 0) is 0 Å². The maximum atomic E-state index is 11.8. The summed E-state index contributed by atoms with van der Waals surface area (Å²) in [7, 11) is 0. The fraction of sp³-hybridized carbons (Fsp3) is 0.267. The van der Waals surface area contributed by atoms with E-state index in [2.05, 4.69) is 28.1 Å². The lowest BCUT2D eigenvalue weighted by molar-refractivity contribution is 0.0697. The maximum Gasteiger partial charge on any atom is 0.335 e. The number of rotatable bonds is 6. The molecule has 37 heavy (non-hydrogen) atoms. The van der Waals surface area contributed by atoms with E-state index in [9.17, 15) is 9.90 Å². The normalized spacial score (nSPS) is 14.9. The van der Waals surface area contributed by atoms with Gasteiger partial charge in [-0.1, -0.05) is 36.2 Å². The van der Waals surface area contributed by atoms with E-state index < -0.39 is 5.97 Å². The Bertz CT molecular complexity index is 1580. The van der Waals surface area contributed by atoms with Crippen LogP contribution in [0.2, 0.25) is 0 Å². The zero-order valence-electron chi connectivity index (χ0n) is 20.9. The third-order valence-electron chi connectivity index (χ3n) is 7.55. The highest BCUT2D eigenvalue weighted by molar-refractivity contribution is 5.98. The quantitative estimate of drug-likeness (QED) is 0.279. The van der Waals surface area contributed by atoms with E-state index in [4.69, 9.17) is 14.5 Å². The van der Waals surface area contributed by atoms with Crippen LogP contribution in [0.15, 0.2) is 71.6 Å². The van der Waals surface area contributed by atoms with Gasteiger partial charge in [0.15, 0.2) is 0 Å². The zero-order valence-corrected chi connectivity index (χ0v) is 20.9. The number of benzene rings is 1. The molecule has 1 atom stereocenters. The number of pyridine rings is 2. The van der Waals surface area contributed by atoms with Crippen molar-refractivity contribution in [3.05, 3.63) is 89.8 Å². The number of fused-ring (bicyclic) bond motifs is 1. The monoisotopic (exact) mass is 492 g/mol.